The number of thiophene rings is 1. The van der Waals surface area contributed by atoms with Crippen LogP contribution in [0.4, 0.5) is 8.78 Å². The Kier molecular flexibility index (Phi) is 5.50. The zero-order valence-corrected chi connectivity index (χ0v) is 18.9. The van der Waals surface area contributed by atoms with Crippen LogP contribution in [0.5, 0.6) is 0 Å². The molecule has 1 amide bonds. The normalized spacial score (nSPS) is 20.1. The zero-order valence-electron chi connectivity index (χ0n) is 18.1. The molecule has 3 aromatic heterocycles. The number of halogens is 2. The van der Waals surface area contributed by atoms with Crippen molar-refractivity contribution in [3.05, 3.63) is 70.7 Å². The van der Waals surface area contributed by atoms with Crippen molar-refractivity contribution in [3.8, 4) is 22.3 Å². The van der Waals surface area contributed by atoms with E-state index in [1.165, 1.54) is 11.3 Å². The van der Waals surface area contributed by atoms with Gasteiger partial charge in [0.15, 0.2) is 0 Å². The highest BCUT2D eigenvalue weighted by Gasteiger charge is 2.46. The second-order valence-electron chi connectivity index (χ2n) is 8.52. The molecule has 3 N–H and O–H groups in total. The molecule has 3 heterocycles. The Morgan fingerprint density at radius 1 is 1.18 bits per heavy atom. The van der Waals surface area contributed by atoms with Crippen LogP contribution in [0.25, 0.3) is 27.8 Å². The monoisotopic (exact) mass is 466 g/mol. The number of carbonyl (C=O) groups is 1. The highest BCUT2D eigenvalue weighted by atomic mass is 32.1. The molecule has 170 valence electrons. The van der Waals surface area contributed by atoms with E-state index < -0.39 is 23.9 Å². The van der Waals surface area contributed by atoms with Gasteiger partial charge in [-0.25, -0.2) is 13.3 Å². The largest absolute Gasteiger partial charge is 0.341 e. The minimum Gasteiger partial charge on any atom is -0.341 e. The first-order valence-corrected chi connectivity index (χ1v) is 11.7. The van der Waals surface area contributed by atoms with Crippen molar-refractivity contribution in [3.63, 3.8) is 0 Å². The maximum absolute atomic E-state index is 14.3. The number of carbonyl (C=O) groups excluding carboxylic acids is 1. The van der Waals surface area contributed by atoms with Gasteiger partial charge in [-0.2, -0.15) is 5.10 Å². The van der Waals surface area contributed by atoms with Gasteiger partial charge in [-0.1, -0.05) is 36.4 Å². The molecular formula is C25H24F2N4OS. The molecule has 1 aromatic carbocycles. The molecule has 1 aliphatic rings. The van der Waals surface area contributed by atoms with E-state index >= 15 is 0 Å². The lowest BCUT2D eigenvalue weighted by atomic mass is 9.87. The summed E-state index contributed by atoms with van der Waals surface area (Å²) in [5.41, 5.74) is 10.7. The van der Waals surface area contributed by atoms with E-state index in [0.717, 1.165) is 32.6 Å². The lowest BCUT2D eigenvalue weighted by Gasteiger charge is -2.36. The molecule has 8 heteroatoms. The topological polar surface area (TPSA) is 72.4 Å². The average Bonchev–Trinajstić information content (AvgIpc) is 3.39. The van der Waals surface area contributed by atoms with Crippen molar-refractivity contribution in [2.45, 2.75) is 44.2 Å². The van der Waals surface area contributed by atoms with E-state index in [2.05, 4.69) is 10.4 Å². The molecule has 0 spiro atoms. The summed E-state index contributed by atoms with van der Waals surface area (Å²) in [4.78, 5) is 14.1. The summed E-state index contributed by atoms with van der Waals surface area (Å²) < 4.78 is 30.5. The first-order chi connectivity index (χ1) is 15.8. The van der Waals surface area contributed by atoms with Gasteiger partial charge in [0.25, 0.3) is 11.8 Å². The summed E-state index contributed by atoms with van der Waals surface area (Å²) in [6.07, 6.45) is 4.32. The molecule has 0 unspecified atom stereocenters. The molecule has 1 fully saturated rings. The molecule has 33 heavy (non-hydrogen) atoms. The molecule has 0 aliphatic heterocycles. The van der Waals surface area contributed by atoms with E-state index in [1.807, 2.05) is 60.1 Å². The number of hydrogen-bond acceptors (Lipinski definition) is 4. The number of hydrogen-bond donors (Lipinski definition) is 2. The SMILES string of the molecule is Cc1sc(C(=O)N[C@@H]2[C@H](N)CCCC2(F)F)cc1-c1cnn2cc(-c3ccccc3)ccc12. The summed E-state index contributed by atoms with van der Waals surface area (Å²) in [7, 11) is 0. The molecule has 0 saturated heterocycles. The van der Waals surface area contributed by atoms with Crippen LogP contribution in [0.3, 0.4) is 0 Å². The van der Waals surface area contributed by atoms with Crippen molar-refractivity contribution in [2.24, 2.45) is 5.73 Å². The van der Waals surface area contributed by atoms with Gasteiger partial charge < -0.3 is 11.1 Å². The van der Waals surface area contributed by atoms with Crippen molar-refractivity contribution >= 4 is 22.8 Å². The number of nitrogens with one attached hydrogen (secondary N) is 1. The summed E-state index contributed by atoms with van der Waals surface area (Å²) in [6.45, 7) is 1.92. The molecular weight excluding hydrogens is 442 g/mol. The molecule has 0 radical (unpaired) electrons. The smallest absolute Gasteiger partial charge is 0.269 e. The predicted molar refractivity (Wildman–Crippen MR) is 127 cm³/mol. The van der Waals surface area contributed by atoms with Crippen LogP contribution in [0.1, 0.15) is 33.8 Å². The maximum Gasteiger partial charge on any atom is 0.269 e. The summed E-state index contributed by atoms with van der Waals surface area (Å²) in [5.74, 6) is -3.51. The van der Waals surface area contributed by atoms with Gasteiger partial charge in [0.2, 0.25) is 0 Å². The van der Waals surface area contributed by atoms with Crippen LogP contribution in [-0.2, 0) is 0 Å². The van der Waals surface area contributed by atoms with E-state index in [1.54, 1.807) is 12.3 Å². The molecule has 2 atom stereocenters. The Balaban J connectivity index is 1.43. The fraction of sp³-hybridized carbons (Fsp3) is 0.280. The van der Waals surface area contributed by atoms with E-state index in [9.17, 15) is 13.6 Å². The lowest BCUT2D eigenvalue weighted by Crippen LogP contribution is -2.59. The third kappa shape index (κ3) is 4.05. The van der Waals surface area contributed by atoms with Crippen LogP contribution in [0.15, 0.2) is 60.9 Å². The van der Waals surface area contributed by atoms with Crippen LogP contribution in [0, 0.1) is 6.92 Å². The quantitative estimate of drug-likeness (QED) is 0.430. The number of pyridine rings is 1. The fourth-order valence-electron chi connectivity index (χ4n) is 4.49. The molecule has 1 saturated carbocycles. The minimum atomic E-state index is -3.00. The van der Waals surface area contributed by atoms with Gasteiger partial charge >= 0.3 is 0 Å². The average molecular weight is 467 g/mol. The van der Waals surface area contributed by atoms with Crippen LogP contribution in [0.2, 0.25) is 0 Å². The van der Waals surface area contributed by atoms with Gasteiger partial charge in [-0.15, -0.1) is 11.3 Å². The van der Waals surface area contributed by atoms with E-state index in [4.69, 9.17) is 5.73 Å². The fourth-order valence-corrected chi connectivity index (χ4v) is 5.43. The van der Waals surface area contributed by atoms with Crippen molar-refractivity contribution < 1.29 is 13.6 Å². The number of benzene rings is 1. The number of fused-ring (bicyclic) bond motifs is 1. The van der Waals surface area contributed by atoms with Gasteiger partial charge in [0, 0.05) is 34.7 Å². The number of amides is 1. The van der Waals surface area contributed by atoms with Crippen molar-refractivity contribution in [2.75, 3.05) is 0 Å². The first kappa shape index (κ1) is 21.7. The Bertz CT molecular complexity index is 1310. The third-order valence-corrected chi connectivity index (χ3v) is 7.32. The van der Waals surface area contributed by atoms with Crippen molar-refractivity contribution in [1.29, 1.82) is 0 Å². The number of aromatic nitrogens is 2. The number of alkyl halides is 2. The zero-order chi connectivity index (χ0) is 23.2. The highest BCUT2D eigenvalue weighted by Crippen LogP contribution is 2.36. The molecule has 5 rings (SSSR count). The van der Waals surface area contributed by atoms with Gasteiger partial charge in [-0.05, 0) is 43.0 Å². The maximum atomic E-state index is 14.3. The lowest BCUT2D eigenvalue weighted by molar-refractivity contribution is -0.0674. The second kappa shape index (κ2) is 8.35. The molecule has 5 nitrogen and oxygen atoms in total. The van der Waals surface area contributed by atoms with Gasteiger partial charge in [-0.3, -0.25) is 4.79 Å². The van der Waals surface area contributed by atoms with Crippen LogP contribution < -0.4 is 11.1 Å². The Labute approximate surface area is 194 Å². The third-order valence-electron chi connectivity index (χ3n) is 6.27. The van der Waals surface area contributed by atoms with E-state index in [0.29, 0.717) is 17.7 Å². The Hall–Kier alpha value is -3.10. The predicted octanol–water partition coefficient (Wildman–Crippen LogP) is 5.28. The second-order valence-corrected chi connectivity index (χ2v) is 9.78. The number of rotatable bonds is 4. The number of nitrogens with two attached hydrogens (primary N) is 1. The summed E-state index contributed by atoms with van der Waals surface area (Å²) >= 11 is 1.28. The molecule has 4 aromatic rings. The molecule has 1 aliphatic carbocycles. The van der Waals surface area contributed by atoms with Gasteiger partial charge in [0.05, 0.1) is 16.6 Å². The summed E-state index contributed by atoms with van der Waals surface area (Å²) in [5, 5.41) is 7.00. The Morgan fingerprint density at radius 2 is 1.97 bits per heavy atom. The van der Waals surface area contributed by atoms with E-state index in [-0.39, 0.29) is 6.42 Å². The number of nitrogens with zero attached hydrogens (tertiary/aromatic N) is 2. The van der Waals surface area contributed by atoms with Gasteiger partial charge in [0.1, 0.15) is 6.04 Å². The highest BCUT2D eigenvalue weighted by molar-refractivity contribution is 7.14. The standard InChI is InChI=1S/C25H24F2N4OS/c1-15-18(12-22(33-15)24(32)30-23-20(28)8-5-11-25(23,26)27)19-13-29-31-14-17(9-10-21(19)31)16-6-3-2-4-7-16/h2-4,6-7,9-10,12-14,20,23H,5,8,11,28H2,1H3,(H,30,32)/t20-,23-/m1/s1. The number of aryl methyl sites for hydroxylation is 1. The Morgan fingerprint density at radius 3 is 2.73 bits per heavy atom. The minimum absolute atomic E-state index is 0.256. The molecule has 0 bridgehead atoms. The first-order valence-electron chi connectivity index (χ1n) is 10.9. The van der Waals surface area contributed by atoms with Crippen molar-refractivity contribution in [1.82, 2.24) is 14.9 Å². The van der Waals surface area contributed by atoms with Crippen LogP contribution in [-0.4, -0.2) is 33.5 Å². The van der Waals surface area contributed by atoms with Crippen LogP contribution >= 0.6 is 11.3 Å². The summed E-state index contributed by atoms with van der Waals surface area (Å²) in [6, 6.07) is 13.7.